The number of carboxylic acids is 1. The van der Waals surface area contributed by atoms with Crippen molar-refractivity contribution in [3.8, 4) is 0 Å². The molecule has 90 valence electrons. The van der Waals surface area contributed by atoms with E-state index in [0.717, 1.165) is 0 Å². The summed E-state index contributed by atoms with van der Waals surface area (Å²) >= 11 is 0. The van der Waals surface area contributed by atoms with Gasteiger partial charge in [-0.05, 0) is 0 Å². The fourth-order valence-corrected chi connectivity index (χ4v) is 0.772. The summed E-state index contributed by atoms with van der Waals surface area (Å²) in [7, 11) is 0. The molecular formula is C6H5F7O2. The maximum Gasteiger partial charge on any atom is 0.390 e. The van der Waals surface area contributed by atoms with Gasteiger partial charge in [-0.25, -0.2) is 8.78 Å². The molecule has 0 aromatic rings. The minimum absolute atomic E-state index is 2.50. The van der Waals surface area contributed by atoms with Crippen LogP contribution in [0.15, 0.2) is 0 Å². The van der Waals surface area contributed by atoms with Crippen molar-refractivity contribution in [3.05, 3.63) is 0 Å². The van der Waals surface area contributed by atoms with Gasteiger partial charge in [0, 0.05) is 0 Å². The molecule has 1 N–H and O–H groups in total. The van der Waals surface area contributed by atoms with Gasteiger partial charge in [0.15, 0.2) is 0 Å². The predicted octanol–water partition coefficient (Wildman–Crippen LogP) is 2.54. The van der Waals surface area contributed by atoms with E-state index in [1.54, 1.807) is 0 Å². The van der Waals surface area contributed by atoms with Crippen LogP contribution in [0.5, 0.6) is 0 Å². The number of aliphatic carboxylic acids is 1. The Bertz CT molecular complexity index is 234. The molecule has 0 spiro atoms. The summed E-state index contributed by atoms with van der Waals surface area (Å²) in [6.45, 7) is 0. The Hall–Kier alpha value is -1.02. The Morgan fingerprint density at radius 1 is 1.13 bits per heavy atom. The normalized spacial score (nSPS) is 15.5. The first-order valence-corrected chi connectivity index (χ1v) is 3.44. The highest BCUT2D eigenvalue weighted by Crippen LogP contribution is 2.38. The molecule has 0 radical (unpaired) electrons. The minimum Gasteiger partial charge on any atom is -0.481 e. The summed E-state index contributed by atoms with van der Waals surface area (Å²) in [4.78, 5) is 10.0. The zero-order valence-electron chi connectivity index (χ0n) is 6.86. The van der Waals surface area contributed by atoms with Crippen molar-refractivity contribution in [2.45, 2.75) is 24.9 Å². The van der Waals surface area contributed by atoms with E-state index in [0.29, 0.717) is 0 Å². The first kappa shape index (κ1) is 14.0. The maximum absolute atomic E-state index is 12.4. The highest BCUT2D eigenvalue weighted by atomic mass is 19.4. The first-order valence-electron chi connectivity index (χ1n) is 3.44. The number of hydrogen-bond donors (Lipinski definition) is 1. The van der Waals surface area contributed by atoms with Gasteiger partial charge in [0.25, 0.3) is 0 Å². The van der Waals surface area contributed by atoms with Crippen LogP contribution in [0.1, 0.15) is 6.42 Å². The van der Waals surface area contributed by atoms with Crippen molar-refractivity contribution in [3.63, 3.8) is 0 Å². The summed E-state index contributed by atoms with van der Waals surface area (Å²) in [6.07, 6.45) is -12.2. The van der Waals surface area contributed by atoms with Crippen LogP contribution < -0.4 is 0 Å². The third kappa shape index (κ3) is 3.92. The van der Waals surface area contributed by atoms with E-state index in [-0.39, 0.29) is 0 Å². The molecular weight excluding hydrogens is 237 g/mol. The van der Waals surface area contributed by atoms with Gasteiger partial charge < -0.3 is 5.11 Å². The van der Waals surface area contributed by atoms with Crippen molar-refractivity contribution in [2.24, 2.45) is 5.92 Å². The second kappa shape index (κ2) is 4.23. The standard InChI is InChI=1S/C6H5F7O2/c7-4(8)6(12,13)2(3(14)15)1-5(9,10)11/h2,4H,1H2,(H,14,15). The smallest absolute Gasteiger partial charge is 0.390 e. The molecule has 0 amide bonds. The number of carbonyl (C=O) groups is 1. The molecule has 9 heteroatoms. The molecule has 0 rings (SSSR count). The quantitative estimate of drug-likeness (QED) is 0.769. The Kier molecular flexibility index (Phi) is 3.94. The van der Waals surface area contributed by atoms with Crippen LogP contribution in [0.4, 0.5) is 30.7 Å². The van der Waals surface area contributed by atoms with Gasteiger partial charge in [-0.2, -0.15) is 22.0 Å². The molecule has 15 heavy (non-hydrogen) atoms. The van der Waals surface area contributed by atoms with Crippen LogP contribution in [-0.4, -0.2) is 29.6 Å². The number of hydrogen-bond acceptors (Lipinski definition) is 1. The average Bonchev–Trinajstić information content (AvgIpc) is 1.97. The van der Waals surface area contributed by atoms with Gasteiger partial charge in [0.2, 0.25) is 0 Å². The maximum atomic E-state index is 12.4. The van der Waals surface area contributed by atoms with E-state index in [1.807, 2.05) is 0 Å². The molecule has 0 aromatic heterocycles. The van der Waals surface area contributed by atoms with Crippen molar-refractivity contribution in [1.29, 1.82) is 0 Å². The molecule has 1 unspecified atom stereocenters. The Morgan fingerprint density at radius 3 is 1.73 bits per heavy atom. The Labute approximate surface area is 78.7 Å². The van der Waals surface area contributed by atoms with Gasteiger partial charge >= 0.3 is 24.5 Å². The summed E-state index contributed by atoms with van der Waals surface area (Å²) < 4.78 is 82.8. The lowest BCUT2D eigenvalue weighted by atomic mass is 9.97. The highest BCUT2D eigenvalue weighted by Gasteiger charge is 2.56. The predicted molar refractivity (Wildman–Crippen MR) is 32.7 cm³/mol. The second-order valence-corrected chi connectivity index (χ2v) is 2.69. The van der Waals surface area contributed by atoms with Crippen molar-refractivity contribution < 1.29 is 40.6 Å². The average molecular weight is 242 g/mol. The van der Waals surface area contributed by atoms with Gasteiger partial charge in [-0.1, -0.05) is 0 Å². The summed E-state index contributed by atoms with van der Waals surface area (Å²) in [5, 5.41) is 8.01. The van der Waals surface area contributed by atoms with Gasteiger partial charge in [-0.15, -0.1) is 0 Å². The monoisotopic (exact) mass is 242 g/mol. The molecule has 0 heterocycles. The van der Waals surface area contributed by atoms with Gasteiger partial charge in [0.05, 0.1) is 6.42 Å². The number of halogens is 7. The summed E-state index contributed by atoms with van der Waals surface area (Å²) in [5.41, 5.74) is 0. The van der Waals surface area contributed by atoms with E-state index in [1.165, 1.54) is 0 Å². The molecule has 0 fully saturated rings. The largest absolute Gasteiger partial charge is 0.481 e. The number of rotatable bonds is 4. The van der Waals surface area contributed by atoms with Crippen molar-refractivity contribution >= 4 is 5.97 Å². The third-order valence-corrected chi connectivity index (χ3v) is 1.49. The Morgan fingerprint density at radius 2 is 1.53 bits per heavy atom. The minimum atomic E-state index is -5.25. The zero-order valence-corrected chi connectivity index (χ0v) is 6.86. The van der Waals surface area contributed by atoms with Crippen LogP contribution in [0.3, 0.4) is 0 Å². The fraction of sp³-hybridized carbons (Fsp3) is 0.833. The molecule has 0 aliphatic heterocycles. The lowest BCUT2D eigenvalue weighted by molar-refractivity contribution is -0.216. The third-order valence-electron chi connectivity index (χ3n) is 1.49. The van der Waals surface area contributed by atoms with E-state index in [4.69, 9.17) is 5.11 Å². The molecule has 0 saturated carbocycles. The SMILES string of the molecule is O=C(O)C(CC(F)(F)F)C(F)(F)C(F)F. The Balaban J connectivity index is 4.91. The van der Waals surface area contributed by atoms with Crippen LogP contribution in [0.2, 0.25) is 0 Å². The van der Waals surface area contributed by atoms with Gasteiger partial charge in [-0.3, -0.25) is 4.79 Å². The van der Waals surface area contributed by atoms with E-state index in [9.17, 15) is 35.5 Å². The molecule has 0 saturated heterocycles. The fourth-order valence-electron chi connectivity index (χ4n) is 0.772. The van der Waals surface area contributed by atoms with Crippen LogP contribution >= 0.6 is 0 Å². The molecule has 2 nitrogen and oxygen atoms in total. The van der Waals surface area contributed by atoms with Crippen molar-refractivity contribution in [1.82, 2.24) is 0 Å². The molecule has 0 aliphatic rings. The number of alkyl halides is 7. The topological polar surface area (TPSA) is 37.3 Å². The molecule has 0 aromatic carbocycles. The highest BCUT2D eigenvalue weighted by molar-refractivity contribution is 5.71. The summed E-state index contributed by atoms with van der Waals surface area (Å²) in [5.74, 6) is -11.3. The van der Waals surface area contributed by atoms with Crippen LogP contribution in [0.25, 0.3) is 0 Å². The molecule has 1 atom stereocenters. The lowest BCUT2D eigenvalue weighted by Crippen LogP contribution is -2.43. The second-order valence-electron chi connectivity index (χ2n) is 2.69. The van der Waals surface area contributed by atoms with Gasteiger partial charge in [0.1, 0.15) is 5.92 Å². The van der Waals surface area contributed by atoms with Crippen molar-refractivity contribution in [2.75, 3.05) is 0 Å². The van der Waals surface area contributed by atoms with E-state index >= 15 is 0 Å². The summed E-state index contributed by atoms with van der Waals surface area (Å²) in [6, 6.07) is 0. The zero-order chi connectivity index (χ0) is 12.4. The lowest BCUT2D eigenvalue weighted by Gasteiger charge is -2.23. The number of carboxylic acid groups (broad SMARTS) is 1. The van der Waals surface area contributed by atoms with E-state index in [2.05, 4.69) is 0 Å². The van der Waals surface area contributed by atoms with E-state index < -0.39 is 36.8 Å². The van der Waals surface area contributed by atoms with Crippen LogP contribution in [-0.2, 0) is 4.79 Å². The first-order chi connectivity index (χ1) is 6.48. The van der Waals surface area contributed by atoms with Crippen LogP contribution in [0, 0.1) is 5.92 Å². The molecule has 0 aliphatic carbocycles. The molecule has 0 bridgehead atoms.